The van der Waals surface area contributed by atoms with Gasteiger partial charge in [0.25, 0.3) is 12.3 Å². The Balaban J connectivity index is 2.01. The number of fused-ring (bicyclic) bond motifs is 1. The molecule has 0 unspecified atom stereocenters. The molecule has 172 valence electrons. The van der Waals surface area contributed by atoms with Crippen LogP contribution in [0, 0.1) is 5.82 Å². The molecular weight excluding hydrogens is 425 g/mol. The number of hydrogen-bond acceptors (Lipinski definition) is 7. The highest BCUT2D eigenvalue weighted by molar-refractivity contribution is 6.00. The molecule has 0 saturated heterocycles. The Morgan fingerprint density at radius 3 is 2.62 bits per heavy atom. The van der Waals surface area contributed by atoms with Crippen molar-refractivity contribution in [2.75, 3.05) is 10.6 Å². The molecule has 9 nitrogen and oxygen atoms in total. The summed E-state index contributed by atoms with van der Waals surface area (Å²) in [4.78, 5) is 20.2. The van der Waals surface area contributed by atoms with E-state index in [-0.39, 0.29) is 29.3 Å². The summed E-state index contributed by atoms with van der Waals surface area (Å²) in [6, 6.07) is 0.465. The number of aromatic nitrogens is 4. The Morgan fingerprint density at radius 1 is 1.25 bits per heavy atom. The number of nitrogens with one attached hydrogen (secondary N) is 2. The van der Waals surface area contributed by atoms with Gasteiger partial charge in [-0.2, -0.15) is 5.10 Å². The van der Waals surface area contributed by atoms with Gasteiger partial charge in [0.1, 0.15) is 12.4 Å². The summed E-state index contributed by atoms with van der Waals surface area (Å²) in [5, 5.41) is 10.3. The molecule has 3 aromatic heterocycles. The Labute approximate surface area is 182 Å². The highest BCUT2D eigenvalue weighted by atomic mass is 19.3. The molecule has 0 aliphatic heterocycles. The van der Waals surface area contributed by atoms with Crippen molar-refractivity contribution in [2.45, 2.75) is 51.7 Å². The van der Waals surface area contributed by atoms with Gasteiger partial charge < -0.3 is 22.1 Å². The second-order valence-corrected chi connectivity index (χ2v) is 7.44. The van der Waals surface area contributed by atoms with Gasteiger partial charge in [0.05, 0.1) is 35.4 Å². The summed E-state index contributed by atoms with van der Waals surface area (Å²) >= 11 is 0. The molecule has 0 spiro atoms. The molecule has 2 atom stereocenters. The number of carbonyl (C=O) groups is 1. The number of amides is 1. The van der Waals surface area contributed by atoms with E-state index in [1.807, 2.05) is 6.92 Å². The summed E-state index contributed by atoms with van der Waals surface area (Å²) in [5.41, 5.74) is 11.9. The summed E-state index contributed by atoms with van der Waals surface area (Å²) in [6.07, 6.45) is 3.12. The molecule has 0 fully saturated rings. The molecule has 0 radical (unpaired) electrons. The Morgan fingerprint density at radius 2 is 2.00 bits per heavy atom. The van der Waals surface area contributed by atoms with Crippen LogP contribution >= 0.6 is 0 Å². The first-order valence-corrected chi connectivity index (χ1v) is 10.1. The lowest BCUT2D eigenvalue weighted by atomic mass is 10.1. The van der Waals surface area contributed by atoms with E-state index in [4.69, 9.17) is 11.5 Å². The molecule has 1 amide bonds. The van der Waals surface area contributed by atoms with Gasteiger partial charge in [0.2, 0.25) is 0 Å². The van der Waals surface area contributed by atoms with Crippen LogP contribution in [0.2, 0.25) is 0 Å². The van der Waals surface area contributed by atoms with E-state index in [2.05, 4.69) is 25.7 Å². The predicted octanol–water partition coefficient (Wildman–Crippen LogP) is 3.00. The number of halogens is 3. The Kier molecular flexibility index (Phi) is 7.13. The fourth-order valence-corrected chi connectivity index (χ4v) is 3.32. The number of nitrogens with two attached hydrogens (primary N) is 2. The van der Waals surface area contributed by atoms with Crippen LogP contribution < -0.4 is 22.1 Å². The van der Waals surface area contributed by atoms with E-state index in [1.54, 1.807) is 6.92 Å². The van der Waals surface area contributed by atoms with Crippen molar-refractivity contribution in [3.8, 4) is 0 Å². The molecule has 0 aliphatic carbocycles. The summed E-state index contributed by atoms with van der Waals surface area (Å²) in [5.74, 6) is -1.76. The number of alkyl halides is 2. The van der Waals surface area contributed by atoms with Crippen molar-refractivity contribution >= 4 is 34.1 Å². The summed E-state index contributed by atoms with van der Waals surface area (Å²) in [7, 11) is 0. The number of rotatable bonds is 10. The van der Waals surface area contributed by atoms with Crippen molar-refractivity contribution in [3.63, 3.8) is 0 Å². The molecule has 0 aliphatic rings. The highest BCUT2D eigenvalue weighted by Gasteiger charge is 2.21. The number of hydrogen-bond donors (Lipinski definition) is 4. The third kappa shape index (κ3) is 5.07. The Hall–Kier alpha value is -3.41. The third-order valence-electron chi connectivity index (χ3n) is 4.93. The predicted molar refractivity (Wildman–Crippen MR) is 115 cm³/mol. The largest absolute Gasteiger partial charge is 0.365 e. The maximum atomic E-state index is 14.7. The molecule has 0 bridgehead atoms. The first-order valence-electron chi connectivity index (χ1n) is 10.1. The quantitative estimate of drug-likeness (QED) is 0.373. The third-order valence-corrected chi connectivity index (χ3v) is 4.93. The molecule has 6 N–H and O–H groups in total. The molecule has 3 aromatic rings. The number of anilines is 3. The van der Waals surface area contributed by atoms with E-state index in [0.29, 0.717) is 23.0 Å². The maximum Gasteiger partial charge on any atom is 0.257 e. The van der Waals surface area contributed by atoms with Crippen molar-refractivity contribution in [1.29, 1.82) is 0 Å². The molecule has 0 saturated carbocycles. The maximum absolute atomic E-state index is 14.7. The van der Waals surface area contributed by atoms with Crippen LogP contribution in [0.15, 0.2) is 24.7 Å². The smallest absolute Gasteiger partial charge is 0.257 e. The van der Waals surface area contributed by atoms with Crippen molar-refractivity contribution in [2.24, 2.45) is 11.5 Å². The van der Waals surface area contributed by atoms with Gasteiger partial charge >= 0.3 is 0 Å². The van der Waals surface area contributed by atoms with Gasteiger partial charge in [-0.3, -0.25) is 14.5 Å². The topological polar surface area (TPSA) is 137 Å². The summed E-state index contributed by atoms with van der Waals surface area (Å²) < 4.78 is 41.4. The van der Waals surface area contributed by atoms with Gasteiger partial charge in [0, 0.05) is 17.5 Å². The minimum absolute atomic E-state index is 0.0165. The van der Waals surface area contributed by atoms with Crippen LogP contribution in [-0.2, 0) is 6.54 Å². The minimum atomic E-state index is -2.59. The summed E-state index contributed by atoms with van der Waals surface area (Å²) in [6.45, 7) is 3.18. The lowest BCUT2D eigenvalue weighted by Gasteiger charge is -2.23. The minimum Gasteiger partial charge on any atom is -0.365 e. The van der Waals surface area contributed by atoms with Crippen molar-refractivity contribution < 1.29 is 18.0 Å². The molecule has 12 heteroatoms. The van der Waals surface area contributed by atoms with Crippen molar-refractivity contribution in [3.05, 3.63) is 36.0 Å². The molecule has 32 heavy (non-hydrogen) atoms. The molecular formula is C20H25F3N8O. The standard InChI is InChI=1S/C20H25F3N8O/c1-3-4-14(10(2)24)28-20-13(21)5-11(18(25)32)19(30-20)29-15-7-26-8-16-12(15)6-27-31(16)9-17(22)23/h5-8,10,14,17H,3-4,9,24H2,1-2H3,(H2,25,32)(H2,28,29,30)/t10-,14+/m0/s1. The lowest BCUT2D eigenvalue weighted by molar-refractivity contribution is 0.1000. The fourth-order valence-electron chi connectivity index (χ4n) is 3.32. The zero-order chi connectivity index (χ0) is 23.4. The first kappa shape index (κ1) is 23.3. The van der Waals surface area contributed by atoms with Gasteiger partial charge in [-0.05, 0) is 19.4 Å². The number of primary amides is 1. The Bertz CT molecular complexity index is 1100. The van der Waals surface area contributed by atoms with Crippen LogP contribution in [0.3, 0.4) is 0 Å². The fraction of sp³-hybridized carbons (Fsp3) is 0.400. The SMILES string of the molecule is CCC[C@@H](Nc1nc(Nc2cncc3c2cnn3CC(F)F)c(C(N)=O)cc1F)[C@H](C)N. The van der Waals surface area contributed by atoms with Gasteiger partial charge in [-0.1, -0.05) is 13.3 Å². The van der Waals surface area contributed by atoms with E-state index < -0.39 is 24.7 Å². The van der Waals surface area contributed by atoms with Crippen LogP contribution in [0.25, 0.3) is 10.9 Å². The van der Waals surface area contributed by atoms with Crippen LogP contribution in [-0.4, -0.2) is 44.2 Å². The monoisotopic (exact) mass is 450 g/mol. The van der Waals surface area contributed by atoms with Gasteiger partial charge in [-0.15, -0.1) is 0 Å². The van der Waals surface area contributed by atoms with Crippen LogP contribution in [0.5, 0.6) is 0 Å². The highest BCUT2D eigenvalue weighted by Crippen LogP contribution is 2.29. The average Bonchev–Trinajstić information content (AvgIpc) is 3.12. The zero-order valence-electron chi connectivity index (χ0n) is 17.6. The van der Waals surface area contributed by atoms with E-state index >= 15 is 0 Å². The van der Waals surface area contributed by atoms with E-state index in [0.717, 1.165) is 17.2 Å². The van der Waals surface area contributed by atoms with E-state index in [1.165, 1.54) is 18.6 Å². The second kappa shape index (κ2) is 9.81. The number of nitrogens with zero attached hydrogens (tertiary/aromatic N) is 4. The normalized spacial score (nSPS) is 13.3. The molecule has 0 aromatic carbocycles. The number of carbonyl (C=O) groups excluding carboxylic acids is 1. The van der Waals surface area contributed by atoms with Gasteiger partial charge in [0.15, 0.2) is 11.6 Å². The second-order valence-electron chi connectivity index (χ2n) is 7.44. The molecule has 3 heterocycles. The van der Waals surface area contributed by atoms with Crippen molar-refractivity contribution in [1.82, 2.24) is 19.7 Å². The van der Waals surface area contributed by atoms with E-state index in [9.17, 15) is 18.0 Å². The zero-order valence-corrected chi connectivity index (χ0v) is 17.6. The first-order chi connectivity index (χ1) is 15.2. The average molecular weight is 450 g/mol. The van der Waals surface area contributed by atoms with Crippen LogP contribution in [0.1, 0.15) is 37.0 Å². The molecule has 3 rings (SSSR count). The van der Waals surface area contributed by atoms with Gasteiger partial charge in [-0.25, -0.2) is 18.2 Å². The number of pyridine rings is 2. The lowest BCUT2D eigenvalue weighted by Crippen LogP contribution is -2.38. The van der Waals surface area contributed by atoms with Crippen LogP contribution in [0.4, 0.5) is 30.5 Å².